The Balaban J connectivity index is 0.953. The lowest BCUT2D eigenvalue weighted by atomic mass is 9.81. The van der Waals surface area contributed by atoms with Gasteiger partial charge in [-0.15, -0.1) is 0 Å². The van der Waals surface area contributed by atoms with Crippen LogP contribution in [0.25, 0.3) is 117 Å². The first-order chi connectivity index (χ1) is 32.0. The molecule has 4 nitrogen and oxygen atoms in total. The Morgan fingerprint density at radius 3 is 1.89 bits per heavy atom. The van der Waals surface area contributed by atoms with Gasteiger partial charge in [-0.3, -0.25) is 0 Å². The van der Waals surface area contributed by atoms with E-state index in [-0.39, 0.29) is 5.41 Å². The largest absolute Gasteiger partial charge is 0.456 e. The number of furan rings is 1. The first-order valence-electron chi connectivity index (χ1n) is 22.3. The van der Waals surface area contributed by atoms with Crippen LogP contribution in [0.5, 0.6) is 0 Å². The minimum absolute atomic E-state index is 0.0686. The molecule has 0 N–H and O–H groups in total. The highest BCUT2D eigenvalue weighted by Gasteiger charge is 2.35. The second kappa shape index (κ2) is 14.3. The summed E-state index contributed by atoms with van der Waals surface area (Å²) in [4.78, 5) is 10.4. The zero-order valence-electron chi connectivity index (χ0n) is 36.0. The van der Waals surface area contributed by atoms with Gasteiger partial charge in [-0.1, -0.05) is 172 Å². The first kappa shape index (κ1) is 37.2. The number of aromatic nitrogens is 3. The lowest BCUT2D eigenvalue weighted by Gasteiger charge is -2.22. The number of hydrogen-bond acceptors (Lipinski definition) is 3. The fourth-order valence-corrected chi connectivity index (χ4v) is 10.4. The molecule has 4 heteroatoms. The summed E-state index contributed by atoms with van der Waals surface area (Å²) in [5, 5.41) is 4.62. The molecule has 0 spiro atoms. The number of para-hydroxylation sites is 3. The van der Waals surface area contributed by atoms with E-state index in [4.69, 9.17) is 14.4 Å². The van der Waals surface area contributed by atoms with Crippen LogP contribution in [0.3, 0.4) is 0 Å². The van der Waals surface area contributed by atoms with Gasteiger partial charge in [-0.2, -0.15) is 0 Å². The monoisotopic (exact) mass is 831 g/mol. The summed E-state index contributed by atoms with van der Waals surface area (Å²) in [7, 11) is 0. The van der Waals surface area contributed by atoms with Crippen LogP contribution in [-0.2, 0) is 5.41 Å². The number of fused-ring (bicyclic) bond motifs is 9. The van der Waals surface area contributed by atoms with Crippen molar-refractivity contribution in [2.75, 3.05) is 0 Å². The van der Waals surface area contributed by atoms with Crippen LogP contribution >= 0.6 is 0 Å². The van der Waals surface area contributed by atoms with Gasteiger partial charge in [0.05, 0.1) is 22.4 Å². The molecule has 0 saturated carbocycles. The van der Waals surface area contributed by atoms with E-state index in [0.29, 0.717) is 5.82 Å². The van der Waals surface area contributed by atoms with Crippen molar-refractivity contribution < 1.29 is 4.42 Å². The maximum Gasteiger partial charge on any atom is 0.160 e. The smallest absolute Gasteiger partial charge is 0.160 e. The van der Waals surface area contributed by atoms with Crippen LogP contribution in [0.15, 0.2) is 217 Å². The number of nitrogens with zero attached hydrogens (tertiary/aromatic N) is 3. The zero-order chi connectivity index (χ0) is 43.2. The van der Waals surface area contributed by atoms with Crippen LogP contribution in [0.1, 0.15) is 25.0 Å². The molecule has 0 aliphatic heterocycles. The van der Waals surface area contributed by atoms with Crippen molar-refractivity contribution in [1.29, 1.82) is 0 Å². The van der Waals surface area contributed by atoms with E-state index in [1.165, 1.54) is 60.8 Å². The molecular formula is C61H41N3O. The zero-order valence-corrected chi connectivity index (χ0v) is 36.0. The topological polar surface area (TPSA) is 43.9 Å². The first-order valence-corrected chi connectivity index (χ1v) is 22.3. The molecule has 0 bridgehead atoms. The van der Waals surface area contributed by atoms with Gasteiger partial charge in [-0.05, 0) is 93.5 Å². The van der Waals surface area contributed by atoms with Gasteiger partial charge in [0.1, 0.15) is 11.2 Å². The summed E-state index contributed by atoms with van der Waals surface area (Å²) < 4.78 is 8.76. The highest BCUT2D eigenvalue weighted by atomic mass is 16.3. The summed E-state index contributed by atoms with van der Waals surface area (Å²) in [5.41, 5.74) is 19.8. The summed E-state index contributed by atoms with van der Waals surface area (Å²) >= 11 is 0. The van der Waals surface area contributed by atoms with Crippen LogP contribution in [0, 0.1) is 0 Å². The Bertz CT molecular complexity index is 3870. The molecule has 0 fully saturated rings. The highest BCUT2D eigenvalue weighted by molar-refractivity contribution is 6.14. The summed E-state index contributed by atoms with van der Waals surface area (Å²) in [6.45, 7) is 4.70. The van der Waals surface area contributed by atoms with Crippen molar-refractivity contribution in [3.63, 3.8) is 0 Å². The van der Waals surface area contributed by atoms with Gasteiger partial charge < -0.3 is 8.98 Å². The van der Waals surface area contributed by atoms with Crippen molar-refractivity contribution >= 4 is 43.7 Å². The minimum Gasteiger partial charge on any atom is -0.456 e. The average Bonchev–Trinajstić information content (AvgIpc) is 3.99. The van der Waals surface area contributed by atoms with E-state index >= 15 is 0 Å². The molecule has 3 aromatic heterocycles. The third-order valence-electron chi connectivity index (χ3n) is 13.6. The molecule has 1 aliphatic carbocycles. The second-order valence-corrected chi connectivity index (χ2v) is 17.8. The molecule has 1 aliphatic rings. The molecule has 0 saturated heterocycles. The van der Waals surface area contributed by atoms with E-state index in [9.17, 15) is 0 Å². The highest BCUT2D eigenvalue weighted by Crippen LogP contribution is 2.50. The fraction of sp³-hybridized carbons (Fsp3) is 0.0492. The van der Waals surface area contributed by atoms with Crippen LogP contribution in [0.4, 0.5) is 0 Å². The molecule has 3 heterocycles. The van der Waals surface area contributed by atoms with E-state index in [1.807, 2.05) is 30.3 Å². The normalized spacial score (nSPS) is 12.9. The predicted molar refractivity (Wildman–Crippen MR) is 268 cm³/mol. The van der Waals surface area contributed by atoms with Crippen molar-refractivity contribution in [2.45, 2.75) is 19.3 Å². The van der Waals surface area contributed by atoms with Crippen LogP contribution in [0.2, 0.25) is 0 Å². The molecular weight excluding hydrogens is 791 g/mol. The molecule has 13 rings (SSSR count). The lowest BCUT2D eigenvalue weighted by Crippen LogP contribution is -2.14. The van der Waals surface area contributed by atoms with Gasteiger partial charge in [0, 0.05) is 54.9 Å². The van der Waals surface area contributed by atoms with Crippen molar-refractivity contribution in [1.82, 2.24) is 14.5 Å². The molecule has 9 aromatic carbocycles. The Morgan fingerprint density at radius 1 is 0.385 bits per heavy atom. The standard InChI is InChI=1S/C61H41N3O/c1-61(2)52-26-9-6-21-46(52)47-31-29-40(35-53(47)61)39-17-12-18-41(33-39)45-24-14-25-51-48-22-7-10-27-56(48)64(59(45)51)44-20-13-19-42(34-44)54-37-55(63-60(62-54)38-15-4-3-5-16-38)43-30-32-50-49-23-8-11-28-57(49)65-58(50)36-43/h3-37H,1-2H3. The molecule has 306 valence electrons. The van der Waals surface area contributed by atoms with Crippen LogP contribution in [-0.4, -0.2) is 14.5 Å². The van der Waals surface area contributed by atoms with E-state index < -0.39 is 0 Å². The molecule has 0 unspecified atom stereocenters. The second-order valence-electron chi connectivity index (χ2n) is 17.8. The van der Waals surface area contributed by atoms with Crippen molar-refractivity contribution in [3.05, 3.63) is 223 Å². The summed E-state index contributed by atoms with van der Waals surface area (Å²) in [5.74, 6) is 0.670. The van der Waals surface area contributed by atoms with E-state index in [1.54, 1.807) is 0 Å². The SMILES string of the molecule is CC1(C)c2ccccc2-c2ccc(-c3cccc(-c4cccc5c6ccccc6n(-c6cccc(-c7cc(-c8ccc9c(c8)oc8ccccc89)nc(-c8ccccc8)n7)c6)c45)c3)cc21. The Labute approximate surface area is 376 Å². The van der Waals surface area contributed by atoms with Gasteiger partial charge in [0.2, 0.25) is 0 Å². The van der Waals surface area contributed by atoms with Gasteiger partial charge in [0.15, 0.2) is 5.82 Å². The third-order valence-corrected chi connectivity index (χ3v) is 13.6. The van der Waals surface area contributed by atoms with Crippen molar-refractivity contribution in [3.8, 4) is 73.0 Å². The summed E-state index contributed by atoms with van der Waals surface area (Å²) in [6, 6.07) is 76.1. The molecule has 12 aromatic rings. The van der Waals surface area contributed by atoms with Gasteiger partial charge in [0.25, 0.3) is 0 Å². The molecule has 0 radical (unpaired) electrons. The Hall–Kier alpha value is -8.34. The minimum atomic E-state index is -0.0686. The fourth-order valence-electron chi connectivity index (χ4n) is 10.4. The molecule has 0 atom stereocenters. The van der Waals surface area contributed by atoms with Crippen molar-refractivity contribution in [2.24, 2.45) is 0 Å². The average molecular weight is 832 g/mol. The van der Waals surface area contributed by atoms with E-state index in [0.717, 1.165) is 61.2 Å². The number of benzene rings is 9. The van der Waals surface area contributed by atoms with Gasteiger partial charge >= 0.3 is 0 Å². The summed E-state index contributed by atoms with van der Waals surface area (Å²) in [6.07, 6.45) is 0. The maximum absolute atomic E-state index is 6.33. The lowest BCUT2D eigenvalue weighted by molar-refractivity contribution is 0.660. The Morgan fingerprint density at radius 2 is 1.00 bits per heavy atom. The molecule has 65 heavy (non-hydrogen) atoms. The quantitative estimate of drug-likeness (QED) is 0.168. The van der Waals surface area contributed by atoms with Crippen LogP contribution < -0.4 is 0 Å². The predicted octanol–water partition coefficient (Wildman–Crippen LogP) is 16.1. The maximum atomic E-state index is 6.33. The number of hydrogen-bond donors (Lipinski definition) is 0. The van der Waals surface area contributed by atoms with Gasteiger partial charge in [-0.25, -0.2) is 9.97 Å². The molecule has 0 amide bonds. The van der Waals surface area contributed by atoms with E-state index in [2.05, 4.69) is 200 Å². The third kappa shape index (κ3) is 5.91. The Kier molecular flexibility index (Phi) is 8.22. The number of rotatable bonds is 6.